The van der Waals surface area contributed by atoms with Gasteiger partial charge in [0.25, 0.3) is 5.91 Å². The van der Waals surface area contributed by atoms with Gasteiger partial charge in [-0.1, -0.05) is 37.3 Å². The third-order valence-corrected chi connectivity index (χ3v) is 5.82. The second-order valence-corrected chi connectivity index (χ2v) is 7.58. The van der Waals surface area contributed by atoms with Crippen LogP contribution in [0, 0.1) is 13.8 Å². The molecule has 0 saturated carbocycles. The summed E-state index contributed by atoms with van der Waals surface area (Å²) in [6.07, 6.45) is 0. The molecule has 2 aromatic rings. The number of amides is 1. The standard InChI is InChI=1S/C18H23N3OS/c1-12-16(13(2)20(4)19-12)18(22)21-10-11-23-14(3)17(21)15-8-6-5-7-9-15/h5-9,14,17H,10-11H2,1-4H3/t14-,17+/m1/s1. The molecule has 0 unspecified atom stereocenters. The maximum Gasteiger partial charge on any atom is 0.258 e. The number of aryl methyl sites for hydroxylation is 2. The lowest BCUT2D eigenvalue weighted by Gasteiger charge is -2.40. The van der Waals surface area contributed by atoms with Gasteiger partial charge in [-0.15, -0.1) is 0 Å². The van der Waals surface area contributed by atoms with Gasteiger partial charge in [-0.25, -0.2) is 0 Å². The molecule has 2 heterocycles. The van der Waals surface area contributed by atoms with E-state index in [-0.39, 0.29) is 11.9 Å². The highest BCUT2D eigenvalue weighted by Crippen LogP contribution is 2.37. The summed E-state index contributed by atoms with van der Waals surface area (Å²) in [5.41, 5.74) is 3.71. The number of thioether (sulfide) groups is 1. The van der Waals surface area contributed by atoms with Crippen LogP contribution in [0.3, 0.4) is 0 Å². The van der Waals surface area contributed by atoms with Gasteiger partial charge < -0.3 is 4.90 Å². The molecular weight excluding hydrogens is 306 g/mol. The van der Waals surface area contributed by atoms with Crippen LogP contribution in [0.4, 0.5) is 0 Å². The van der Waals surface area contributed by atoms with Gasteiger partial charge in [0.15, 0.2) is 0 Å². The van der Waals surface area contributed by atoms with E-state index in [0.29, 0.717) is 5.25 Å². The first-order valence-corrected chi connectivity index (χ1v) is 9.03. The molecule has 0 radical (unpaired) electrons. The van der Waals surface area contributed by atoms with Gasteiger partial charge >= 0.3 is 0 Å². The van der Waals surface area contributed by atoms with Gasteiger partial charge in [-0.2, -0.15) is 16.9 Å². The molecule has 4 nitrogen and oxygen atoms in total. The third kappa shape index (κ3) is 2.90. The Bertz CT molecular complexity index is 711. The minimum Gasteiger partial charge on any atom is -0.330 e. The summed E-state index contributed by atoms with van der Waals surface area (Å²) in [4.78, 5) is 15.3. The van der Waals surface area contributed by atoms with Crippen LogP contribution in [0.15, 0.2) is 30.3 Å². The minimum atomic E-state index is 0.106. The van der Waals surface area contributed by atoms with Crippen LogP contribution in [-0.4, -0.2) is 38.1 Å². The van der Waals surface area contributed by atoms with E-state index in [9.17, 15) is 4.79 Å². The van der Waals surface area contributed by atoms with E-state index in [1.54, 1.807) is 4.68 Å². The molecule has 1 aromatic carbocycles. The van der Waals surface area contributed by atoms with Crippen LogP contribution in [0.1, 0.15) is 40.3 Å². The fourth-order valence-corrected chi connectivity index (χ4v) is 4.54. The predicted molar refractivity (Wildman–Crippen MR) is 94.8 cm³/mol. The number of benzene rings is 1. The summed E-state index contributed by atoms with van der Waals surface area (Å²) in [6.45, 7) is 6.87. The van der Waals surface area contributed by atoms with Gasteiger partial charge in [0, 0.05) is 30.3 Å². The van der Waals surface area contributed by atoms with Crippen LogP contribution in [-0.2, 0) is 7.05 Å². The van der Waals surface area contributed by atoms with E-state index in [0.717, 1.165) is 29.2 Å². The Morgan fingerprint density at radius 2 is 1.96 bits per heavy atom. The van der Waals surface area contributed by atoms with Gasteiger partial charge in [-0.3, -0.25) is 9.48 Å². The van der Waals surface area contributed by atoms with Crippen molar-refractivity contribution in [2.45, 2.75) is 32.1 Å². The molecule has 1 aliphatic heterocycles. The Hall–Kier alpha value is -1.75. The first-order valence-electron chi connectivity index (χ1n) is 7.98. The maximum atomic E-state index is 13.2. The molecule has 23 heavy (non-hydrogen) atoms. The molecule has 1 saturated heterocycles. The van der Waals surface area contributed by atoms with E-state index in [2.05, 4.69) is 24.2 Å². The van der Waals surface area contributed by atoms with E-state index in [4.69, 9.17) is 0 Å². The fraction of sp³-hybridized carbons (Fsp3) is 0.444. The fourth-order valence-electron chi connectivity index (χ4n) is 3.38. The van der Waals surface area contributed by atoms with Crippen LogP contribution in [0.5, 0.6) is 0 Å². The predicted octanol–water partition coefficient (Wildman–Crippen LogP) is 3.36. The number of nitrogens with zero attached hydrogens (tertiary/aromatic N) is 3. The average molecular weight is 329 g/mol. The van der Waals surface area contributed by atoms with Crippen molar-refractivity contribution < 1.29 is 4.79 Å². The Balaban J connectivity index is 2.00. The Labute approximate surface area is 141 Å². The maximum absolute atomic E-state index is 13.2. The summed E-state index contributed by atoms with van der Waals surface area (Å²) in [5.74, 6) is 1.09. The lowest BCUT2D eigenvalue weighted by Crippen LogP contribution is -2.44. The zero-order chi connectivity index (χ0) is 16.6. The lowest BCUT2D eigenvalue weighted by molar-refractivity contribution is 0.0679. The molecule has 0 bridgehead atoms. The zero-order valence-electron chi connectivity index (χ0n) is 14.1. The molecule has 122 valence electrons. The van der Waals surface area contributed by atoms with Crippen LogP contribution < -0.4 is 0 Å². The first-order chi connectivity index (χ1) is 11.0. The van der Waals surface area contributed by atoms with Gasteiger partial charge in [0.1, 0.15) is 0 Å². The molecule has 0 N–H and O–H groups in total. The smallest absolute Gasteiger partial charge is 0.258 e. The highest BCUT2D eigenvalue weighted by atomic mass is 32.2. The van der Waals surface area contributed by atoms with Crippen LogP contribution in [0.2, 0.25) is 0 Å². The van der Waals surface area contributed by atoms with Crippen molar-refractivity contribution in [1.82, 2.24) is 14.7 Å². The SMILES string of the molecule is Cc1nn(C)c(C)c1C(=O)N1CCS[C@H](C)[C@H]1c1ccccc1. The van der Waals surface area contributed by atoms with Gasteiger partial charge in [0.05, 0.1) is 17.3 Å². The van der Waals surface area contributed by atoms with E-state index in [1.807, 2.05) is 55.8 Å². The van der Waals surface area contributed by atoms with Crippen molar-refractivity contribution >= 4 is 17.7 Å². The number of carbonyl (C=O) groups excluding carboxylic acids is 1. The summed E-state index contributed by atoms with van der Waals surface area (Å²) in [6, 6.07) is 10.5. The Kier molecular flexibility index (Phi) is 4.48. The molecule has 1 amide bonds. The second kappa shape index (κ2) is 6.40. The number of aromatic nitrogens is 2. The van der Waals surface area contributed by atoms with Crippen molar-refractivity contribution in [3.05, 3.63) is 52.8 Å². The largest absolute Gasteiger partial charge is 0.330 e. The molecule has 1 fully saturated rings. The van der Waals surface area contributed by atoms with Crippen molar-refractivity contribution in [1.29, 1.82) is 0 Å². The molecule has 5 heteroatoms. The molecule has 2 atom stereocenters. The lowest BCUT2D eigenvalue weighted by atomic mass is 10.0. The number of carbonyl (C=O) groups is 1. The van der Waals surface area contributed by atoms with Gasteiger partial charge in [0.2, 0.25) is 0 Å². The Morgan fingerprint density at radius 3 is 2.57 bits per heavy atom. The van der Waals surface area contributed by atoms with Gasteiger partial charge in [-0.05, 0) is 19.4 Å². The van der Waals surface area contributed by atoms with E-state index in [1.165, 1.54) is 5.56 Å². The number of hydrogen-bond donors (Lipinski definition) is 0. The topological polar surface area (TPSA) is 38.1 Å². The van der Waals surface area contributed by atoms with Crippen molar-refractivity contribution in [3.8, 4) is 0 Å². The molecule has 0 aliphatic carbocycles. The molecule has 0 spiro atoms. The van der Waals surface area contributed by atoms with Crippen LogP contribution in [0.25, 0.3) is 0 Å². The normalized spacial score (nSPS) is 21.5. The van der Waals surface area contributed by atoms with E-state index < -0.39 is 0 Å². The highest BCUT2D eigenvalue weighted by Gasteiger charge is 2.35. The molecule has 1 aliphatic rings. The monoisotopic (exact) mass is 329 g/mol. The van der Waals surface area contributed by atoms with Crippen LogP contribution >= 0.6 is 11.8 Å². The highest BCUT2D eigenvalue weighted by molar-refractivity contribution is 8.00. The third-order valence-electron chi connectivity index (χ3n) is 4.62. The zero-order valence-corrected chi connectivity index (χ0v) is 14.9. The second-order valence-electron chi connectivity index (χ2n) is 6.10. The molecule has 3 rings (SSSR count). The first kappa shape index (κ1) is 16.1. The minimum absolute atomic E-state index is 0.106. The molecule has 1 aromatic heterocycles. The van der Waals surface area contributed by atoms with Crippen molar-refractivity contribution in [3.63, 3.8) is 0 Å². The van der Waals surface area contributed by atoms with E-state index >= 15 is 0 Å². The Morgan fingerprint density at radius 1 is 1.26 bits per heavy atom. The van der Waals surface area contributed by atoms with Crippen molar-refractivity contribution in [2.75, 3.05) is 12.3 Å². The number of hydrogen-bond acceptors (Lipinski definition) is 3. The summed E-state index contributed by atoms with van der Waals surface area (Å²) in [7, 11) is 1.89. The quantitative estimate of drug-likeness (QED) is 0.848. The number of rotatable bonds is 2. The van der Waals surface area contributed by atoms with Crippen molar-refractivity contribution in [2.24, 2.45) is 7.05 Å². The summed E-state index contributed by atoms with van der Waals surface area (Å²) < 4.78 is 1.79. The average Bonchev–Trinajstić information content (AvgIpc) is 2.80. The molecular formula is C18H23N3OS. The summed E-state index contributed by atoms with van der Waals surface area (Å²) >= 11 is 1.94. The summed E-state index contributed by atoms with van der Waals surface area (Å²) in [5, 5.41) is 4.79.